The fourth-order valence-corrected chi connectivity index (χ4v) is 3.16. The molecule has 4 rings (SSSR count). The molecule has 9 heteroatoms. The maximum absolute atomic E-state index is 12.9. The van der Waals surface area contributed by atoms with E-state index in [9.17, 15) is 9.59 Å². The molecule has 0 aromatic heterocycles. The van der Waals surface area contributed by atoms with Crippen LogP contribution in [0.25, 0.3) is 0 Å². The zero-order valence-corrected chi connectivity index (χ0v) is 12.4. The van der Waals surface area contributed by atoms with E-state index < -0.39 is 5.54 Å². The van der Waals surface area contributed by atoms with Crippen molar-refractivity contribution >= 4 is 29.7 Å². The molecule has 2 saturated heterocycles. The summed E-state index contributed by atoms with van der Waals surface area (Å²) in [4.78, 5) is 26.5. The van der Waals surface area contributed by atoms with Gasteiger partial charge in [-0.05, 0) is 44.1 Å². The van der Waals surface area contributed by atoms with Crippen molar-refractivity contribution in [2.24, 2.45) is 5.10 Å². The number of hydrazone groups is 1. The lowest BCUT2D eigenvalue weighted by Gasteiger charge is -2.31. The van der Waals surface area contributed by atoms with Crippen LogP contribution in [0.15, 0.2) is 29.4 Å². The predicted octanol–water partition coefficient (Wildman–Crippen LogP) is -0.362. The summed E-state index contributed by atoms with van der Waals surface area (Å²) >= 11 is 0. The van der Waals surface area contributed by atoms with E-state index in [-0.39, 0.29) is 11.9 Å². The molecule has 1 aromatic carbocycles. The third-order valence-electron chi connectivity index (χ3n) is 4.39. The van der Waals surface area contributed by atoms with Crippen LogP contribution in [0.1, 0.15) is 12.8 Å². The molecular weight excluding hydrogens is 298 g/mol. The molecule has 0 unspecified atom stereocenters. The Bertz CT molecular complexity index is 683. The van der Waals surface area contributed by atoms with Crippen molar-refractivity contribution in [1.29, 1.82) is 0 Å². The summed E-state index contributed by atoms with van der Waals surface area (Å²) in [6.07, 6.45) is 2.79. The van der Waals surface area contributed by atoms with Crippen LogP contribution in [0.4, 0.5) is 16.2 Å². The van der Waals surface area contributed by atoms with E-state index in [4.69, 9.17) is 0 Å². The first-order valence-electron chi connectivity index (χ1n) is 7.50. The summed E-state index contributed by atoms with van der Waals surface area (Å²) in [7, 11) is 0. The molecule has 1 spiro atoms. The number of hydrogen-bond donors (Lipinski definition) is 4. The molecule has 9 nitrogen and oxygen atoms in total. The molecule has 3 heterocycles. The van der Waals surface area contributed by atoms with Gasteiger partial charge in [-0.2, -0.15) is 5.10 Å². The monoisotopic (exact) mass is 315 g/mol. The minimum absolute atomic E-state index is 0.178. The largest absolute Gasteiger partial charge is 0.329 e. The number of anilines is 2. The highest BCUT2D eigenvalue weighted by Crippen LogP contribution is 2.32. The molecule has 0 aliphatic carbocycles. The second kappa shape index (κ2) is 5.21. The molecule has 3 amide bonds. The van der Waals surface area contributed by atoms with Gasteiger partial charge in [0.15, 0.2) is 0 Å². The van der Waals surface area contributed by atoms with E-state index in [1.807, 2.05) is 6.07 Å². The van der Waals surface area contributed by atoms with Gasteiger partial charge in [-0.3, -0.25) is 4.79 Å². The van der Waals surface area contributed by atoms with Gasteiger partial charge < -0.3 is 10.6 Å². The maximum atomic E-state index is 12.9. The van der Waals surface area contributed by atoms with Gasteiger partial charge in [0.25, 0.3) is 5.91 Å². The van der Waals surface area contributed by atoms with E-state index in [2.05, 4.69) is 26.8 Å². The molecule has 0 saturated carbocycles. The van der Waals surface area contributed by atoms with Gasteiger partial charge in [0.2, 0.25) is 0 Å². The van der Waals surface area contributed by atoms with E-state index in [0.717, 1.165) is 18.8 Å². The van der Waals surface area contributed by atoms with Crippen molar-refractivity contribution in [3.05, 3.63) is 24.3 Å². The van der Waals surface area contributed by atoms with Gasteiger partial charge in [-0.25, -0.2) is 20.2 Å². The lowest BCUT2D eigenvalue weighted by Crippen LogP contribution is -2.53. The third-order valence-corrected chi connectivity index (χ3v) is 4.39. The zero-order valence-electron chi connectivity index (χ0n) is 12.4. The van der Waals surface area contributed by atoms with E-state index in [0.29, 0.717) is 18.5 Å². The molecule has 0 radical (unpaired) electrons. The van der Waals surface area contributed by atoms with Gasteiger partial charge in [-0.1, -0.05) is 6.07 Å². The van der Waals surface area contributed by atoms with Crippen LogP contribution in [-0.4, -0.2) is 36.9 Å². The highest BCUT2D eigenvalue weighted by molar-refractivity contribution is 6.23. The molecule has 3 aliphatic heterocycles. The molecule has 1 aromatic rings. The minimum Gasteiger partial charge on any atom is -0.323 e. The zero-order chi connectivity index (χ0) is 15.9. The van der Waals surface area contributed by atoms with Crippen molar-refractivity contribution in [3.8, 4) is 0 Å². The number of amides is 3. The number of hydrogen-bond acceptors (Lipinski definition) is 7. The lowest BCUT2D eigenvalue weighted by molar-refractivity contribution is -0.122. The van der Waals surface area contributed by atoms with Crippen molar-refractivity contribution in [2.45, 2.75) is 18.4 Å². The van der Waals surface area contributed by atoms with Crippen LogP contribution < -0.4 is 31.6 Å². The fraction of sp³-hybridized carbons (Fsp3) is 0.357. The Morgan fingerprint density at radius 2 is 1.91 bits per heavy atom. The molecule has 0 atom stereocenters. The van der Waals surface area contributed by atoms with Crippen LogP contribution in [0.2, 0.25) is 0 Å². The summed E-state index contributed by atoms with van der Waals surface area (Å²) in [5.74, 6) is -0.178. The van der Waals surface area contributed by atoms with Crippen LogP contribution in [0.3, 0.4) is 0 Å². The number of nitrogens with one attached hydrogen (secondary N) is 4. The second-order valence-corrected chi connectivity index (χ2v) is 5.76. The maximum Gasteiger partial charge on any atom is 0.329 e. The van der Waals surface area contributed by atoms with Crippen molar-refractivity contribution < 1.29 is 9.59 Å². The molecule has 3 aliphatic rings. The predicted molar refractivity (Wildman–Crippen MR) is 84.5 cm³/mol. The van der Waals surface area contributed by atoms with Gasteiger partial charge in [0.05, 0.1) is 11.4 Å². The standard InChI is InChI=1S/C14H17N7O2/c22-12-14(4-6-15-7-5-14)17-13(23)21(12)11-3-1-2-10(8-11)20-9-16-18-19-20/h1-3,8-9,15,18-19H,4-7H2,(H,17,23). The molecular formula is C14H17N7O2. The SMILES string of the molecule is O=C1NC2(CCNCC2)C(=O)N1c1cccc(N2C=NNN2)c1. The average Bonchev–Trinajstić information content (AvgIpc) is 3.17. The Morgan fingerprint density at radius 1 is 1.13 bits per heavy atom. The first-order valence-corrected chi connectivity index (χ1v) is 7.50. The van der Waals surface area contributed by atoms with Crippen molar-refractivity contribution in [1.82, 2.24) is 21.7 Å². The van der Waals surface area contributed by atoms with Crippen LogP contribution in [-0.2, 0) is 4.79 Å². The van der Waals surface area contributed by atoms with E-state index >= 15 is 0 Å². The smallest absolute Gasteiger partial charge is 0.323 e. The number of carbonyl (C=O) groups excluding carboxylic acids is 2. The Morgan fingerprint density at radius 3 is 2.65 bits per heavy atom. The Hall–Kier alpha value is -2.65. The Kier molecular flexibility index (Phi) is 3.17. The average molecular weight is 315 g/mol. The van der Waals surface area contributed by atoms with Crippen LogP contribution in [0, 0.1) is 0 Å². The summed E-state index contributed by atoms with van der Waals surface area (Å²) in [5, 5.41) is 11.6. The number of nitrogens with zero attached hydrogens (tertiary/aromatic N) is 3. The number of piperidine rings is 1. The van der Waals surface area contributed by atoms with Gasteiger partial charge in [0, 0.05) is 0 Å². The highest BCUT2D eigenvalue weighted by atomic mass is 16.2. The number of benzene rings is 1. The minimum atomic E-state index is -0.771. The summed E-state index contributed by atoms with van der Waals surface area (Å²) in [5.41, 5.74) is 5.96. The highest BCUT2D eigenvalue weighted by Gasteiger charge is 2.51. The lowest BCUT2D eigenvalue weighted by atomic mass is 9.88. The van der Waals surface area contributed by atoms with Crippen LogP contribution >= 0.6 is 0 Å². The summed E-state index contributed by atoms with van der Waals surface area (Å²) in [6.45, 7) is 1.44. The van der Waals surface area contributed by atoms with Gasteiger partial charge in [0.1, 0.15) is 11.9 Å². The number of imide groups is 1. The number of rotatable bonds is 2. The number of hydrazine groups is 2. The first-order chi connectivity index (χ1) is 11.2. The molecule has 23 heavy (non-hydrogen) atoms. The number of urea groups is 1. The topological polar surface area (TPSA) is 101 Å². The first kappa shape index (κ1) is 14.0. The Labute approximate surface area is 132 Å². The molecule has 120 valence electrons. The molecule has 2 fully saturated rings. The molecule has 0 bridgehead atoms. The van der Waals surface area contributed by atoms with Gasteiger partial charge >= 0.3 is 6.03 Å². The third kappa shape index (κ3) is 2.21. The van der Waals surface area contributed by atoms with E-state index in [1.165, 1.54) is 4.90 Å². The summed E-state index contributed by atoms with van der Waals surface area (Å²) < 4.78 is 0. The van der Waals surface area contributed by atoms with Crippen molar-refractivity contribution in [3.63, 3.8) is 0 Å². The van der Waals surface area contributed by atoms with Crippen molar-refractivity contribution in [2.75, 3.05) is 23.0 Å². The molecule has 4 N–H and O–H groups in total. The van der Waals surface area contributed by atoms with E-state index in [1.54, 1.807) is 29.5 Å². The fourth-order valence-electron chi connectivity index (χ4n) is 3.16. The Balaban J connectivity index is 1.65. The normalized spacial score (nSPS) is 22.6. The summed E-state index contributed by atoms with van der Waals surface area (Å²) in [6, 6.07) is 6.81. The second-order valence-electron chi connectivity index (χ2n) is 5.76. The van der Waals surface area contributed by atoms with Gasteiger partial charge in [-0.15, -0.1) is 5.53 Å². The number of carbonyl (C=O) groups is 2. The van der Waals surface area contributed by atoms with Crippen LogP contribution in [0.5, 0.6) is 0 Å². The quantitative estimate of drug-likeness (QED) is 0.556.